The molecule has 1 aliphatic heterocycles. The van der Waals surface area contributed by atoms with Crippen molar-refractivity contribution < 1.29 is 14.3 Å². The van der Waals surface area contributed by atoms with Crippen LogP contribution in [0.1, 0.15) is 44.9 Å². The lowest BCUT2D eigenvalue weighted by molar-refractivity contribution is -0.120. The van der Waals surface area contributed by atoms with Crippen molar-refractivity contribution in [1.29, 1.82) is 0 Å². The van der Waals surface area contributed by atoms with E-state index in [0.29, 0.717) is 24.8 Å². The van der Waals surface area contributed by atoms with Gasteiger partial charge in [-0.2, -0.15) is 0 Å². The van der Waals surface area contributed by atoms with E-state index in [1.165, 1.54) is 6.42 Å². The quantitative estimate of drug-likeness (QED) is 0.623. The Hall–Kier alpha value is -2.48. The minimum atomic E-state index is -0.306. The summed E-state index contributed by atoms with van der Waals surface area (Å²) >= 11 is 1.77. The molecule has 7 nitrogen and oxygen atoms in total. The Bertz CT molecular complexity index is 900. The number of anilines is 1. The lowest BCUT2D eigenvalue weighted by atomic mass is 9.88. The lowest BCUT2D eigenvalue weighted by Crippen LogP contribution is -2.40. The first-order chi connectivity index (χ1) is 15.6. The summed E-state index contributed by atoms with van der Waals surface area (Å²) in [5.41, 5.74) is 0.742. The van der Waals surface area contributed by atoms with Gasteiger partial charge in [-0.05, 0) is 55.9 Å². The van der Waals surface area contributed by atoms with Gasteiger partial charge in [-0.1, -0.05) is 31.0 Å². The Morgan fingerprint density at radius 1 is 1.09 bits per heavy atom. The molecule has 0 spiro atoms. The Kier molecular flexibility index (Phi) is 7.73. The van der Waals surface area contributed by atoms with Gasteiger partial charge in [0.1, 0.15) is 5.75 Å². The number of imidazole rings is 1. The van der Waals surface area contributed by atoms with Crippen LogP contribution in [0.3, 0.4) is 0 Å². The third-order valence-corrected chi connectivity index (χ3v) is 7.69. The van der Waals surface area contributed by atoms with Crippen molar-refractivity contribution in [3.8, 4) is 5.75 Å². The van der Waals surface area contributed by atoms with Crippen LogP contribution in [0.4, 0.5) is 10.5 Å². The van der Waals surface area contributed by atoms with Crippen LogP contribution in [0.2, 0.25) is 0 Å². The van der Waals surface area contributed by atoms with Crippen LogP contribution < -0.4 is 10.1 Å². The number of hydrogen-bond donors (Lipinski definition) is 1. The summed E-state index contributed by atoms with van der Waals surface area (Å²) < 4.78 is 7.59. The van der Waals surface area contributed by atoms with E-state index in [9.17, 15) is 9.59 Å². The van der Waals surface area contributed by atoms with Crippen molar-refractivity contribution in [2.45, 2.75) is 50.1 Å². The summed E-state index contributed by atoms with van der Waals surface area (Å²) in [4.78, 5) is 31.1. The summed E-state index contributed by atoms with van der Waals surface area (Å²) in [5.74, 6) is 2.30. The zero-order chi connectivity index (χ0) is 22.3. The highest BCUT2D eigenvalue weighted by Gasteiger charge is 2.25. The topological polar surface area (TPSA) is 76.5 Å². The number of ether oxygens (including phenoxy) is 1. The van der Waals surface area contributed by atoms with E-state index in [0.717, 1.165) is 55.1 Å². The van der Waals surface area contributed by atoms with Gasteiger partial charge in [0, 0.05) is 49.9 Å². The number of rotatable bonds is 6. The molecule has 4 rings (SSSR count). The molecule has 8 heteroatoms. The highest BCUT2D eigenvalue weighted by Crippen LogP contribution is 2.27. The van der Waals surface area contributed by atoms with E-state index in [4.69, 9.17) is 4.74 Å². The van der Waals surface area contributed by atoms with Crippen molar-refractivity contribution in [2.24, 2.45) is 18.9 Å². The van der Waals surface area contributed by atoms with Crippen molar-refractivity contribution in [3.05, 3.63) is 36.7 Å². The number of nitrogens with zero attached hydrogens (tertiary/aromatic N) is 3. The van der Waals surface area contributed by atoms with Gasteiger partial charge in [-0.25, -0.2) is 9.78 Å². The zero-order valence-electron chi connectivity index (χ0n) is 18.7. The van der Waals surface area contributed by atoms with Crippen LogP contribution >= 0.6 is 11.8 Å². The molecule has 1 saturated carbocycles. The SMILES string of the molecule is Cn1ccnc1SCC1CCN(C(=O)Oc2ccc(NC(=O)C3CCCCC3)cc2)CC1. The molecule has 2 aromatic rings. The number of thioether (sulfide) groups is 1. The molecular formula is C24H32N4O3S. The molecule has 1 aromatic carbocycles. The summed E-state index contributed by atoms with van der Waals surface area (Å²) in [6.45, 7) is 1.42. The highest BCUT2D eigenvalue weighted by molar-refractivity contribution is 7.99. The average molecular weight is 457 g/mol. The molecule has 1 aliphatic carbocycles. The predicted octanol–water partition coefficient (Wildman–Crippen LogP) is 4.94. The third kappa shape index (κ3) is 6.06. The molecule has 0 unspecified atom stereocenters. The molecular weight excluding hydrogens is 424 g/mol. The molecule has 2 heterocycles. The molecule has 172 valence electrons. The highest BCUT2D eigenvalue weighted by atomic mass is 32.2. The molecule has 1 saturated heterocycles. The standard InChI is InChI=1S/C24H32N4O3S/c1-27-16-13-25-23(27)32-17-18-11-14-28(15-12-18)24(30)31-21-9-7-20(8-10-21)26-22(29)19-5-3-2-4-6-19/h7-10,13,16,18-19H,2-6,11-12,14-15,17H2,1H3,(H,26,29). The first-order valence-electron chi connectivity index (χ1n) is 11.6. The van der Waals surface area contributed by atoms with Crippen molar-refractivity contribution in [1.82, 2.24) is 14.5 Å². The number of aromatic nitrogens is 2. The molecule has 1 aromatic heterocycles. The fourth-order valence-corrected chi connectivity index (χ4v) is 5.46. The maximum atomic E-state index is 12.5. The predicted molar refractivity (Wildman–Crippen MR) is 126 cm³/mol. The summed E-state index contributed by atoms with van der Waals surface area (Å²) in [6.07, 6.45) is 10.8. The second-order valence-electron chi connectivity index (χ2n) is 8.78. The van der Waals surface area contributed by atoms with Gasteiger partial charge in [0.25, 0.3) is 0 Å². The summed E-state index contributed by atoms with van der Waals surface area (Å²) in [7, 11) is 2.01. The Morgan fingerprint density at radius 2 is 1.81 bits per heavy atom. The molecule has 2 amide bonds. The maximum absolute atomic E-state index is 12.5. The zero-order valence-corrected chi connectivity index (χ0v) is 19.5. The van der Waals surface area contributed by atoms with Crippen LogP contribution in [-0.4, -0.2) is 45.3 Å². The number of nitrogens with one attached hydrogen (secondary N) is 1. The molecule has 2 fully saturated rings. The Labute approximate surface area is 193 Å². The van der Waals surface area contributed by atoms with Gasteiger partial charge < -0.3 is 19.5 Å². The second kappa shape index (κ2) is 10.9. The second-order valence-corrected chi connectivity index (χ2v) is 9.77. The normalized spacial score (nSPS) is 17.8. The van der Waals surface area contributed by atoms with Crippen LogP contribution in [0.5, 0.6) is 5.75 Å². The third-order valence-electron chi connectivity index (χ3n) is 6.40. The van der Waals surface area contributed by atoms with Crippen LogP contribution in [0.25, 0.3) is 0 Å². The average Bonchev–Trinajstić information content (AvgIpc) is 3.24. The monoisotopic (exact) mass is 456 g/mol. The van der Waals surface area contributed by atoms with Crippen LogP contribution in [0, 0.1) is 11.8 Å². The number of carbonyl (C=O) groups is 2. The van der Waals surface area contributed by atoms with Crippen LogP contribution in [0.15, 0.2) is 41.8 Å². The minimum absolute atomic E-state index is 0.0957. The summed E-state index contributed by atoms with van der Waals surface area (Å²) in [6, 6.07) is 7.07. The van der Waals surface area contributed by atoms with E-state index in [1.807, 2.05) is 24.0 Å². The van der Waals surface area contributed by atoms with E-state index in [1.54, 1.807) is 40.9 Å². The fraction of sp³-hybridized carbons (Fsp3) is 0.542. The minimum Gasteiger partial charge on any atom is -0.410 e. The number of likely N-dealkylation sites (tertiary alicyclic amines) is 1. The Morgan fingerprint density at radius 3 is 2.47 bits per heavy atom. The van der Waals surface area contributed by atoms with Gasteiger partial charge in [-0.3, -0.25) is 4.79 Å². The van der Waals surface area contributed by atoms with E-state index >= 15 is 0 Å². The van der Waals surface area contributed by atoms with Gasteiger partial charge >= 0.3 is 6.09 Å². The van der Waals surface area contributed by atoms with Gasteiger partial charge in [0.05, 0.1) is 0 Å². The number of benzene rings is 1. The van der Waals surface area contributed by atoms with Crippen LogP contribution in [-0.2, 0) is 11.8 Å². The lowest BCUT2D eigenvalue weighted by Gasteiger charge is -2.31. The number of amides is 2. The largest absolute Gasteiger partial charge is 0.415 e. The van der Waals surface area contributed by atoms with Crippen molar-refractivity contribution >= 4 is 29.4 Å². The van der Waals surface area contributed by atoms with Gasteiger partial charge in [-0.15, -0.1) is 0 Å². The molecule has 1 N–H and O–H groups in total. The number of hydrogen-bond acceptors (Lipinski definition) is 5. The maximum Gasteiger partial charge on any atom is 0.415 e. The molecule has 2 aliphatic rings. The first kappa shape index (κ1) is 22.7. The number of piperidine rings is 1. The Balaban J connectivity index is 1.19. The smallest absolute Gasteiger partial charge is 0.410 e. The van der Waals surface area contributed by atoms with E-state index in [2.05, 4.69) is 10.3 Å². The van der Waals surface area contributed by atoms with Gasteiger partial charge in [0.15, 0.2) is 5.16 Å². The van der Waals surface area contributed by atoms with Gasteiger partial charge in [0.2, 0.25) is 5.91 Å². The van der Waals surface area contributed by atoms with Crippen molar-refractivity contribution in [2.75, 3.05) is 24.2 Å². The summed E-state index contributed by atoms with van der Waals surface area (Å²) in [5, 5.41) is 4.02. The van der Waals surface area contributed by atoms with E-state index < -0.39 is 0 Å². The first-order valence-corrected chi connectivity index (χ1v) is 12.5. The van der Waals surface area contributed by atoms with E-state index in [-0.39, 0.29) is 17.9 Å². The number of aryl methyl sites for hydroxylation is 1. The fourth-order valence-electron chi connectivity index (χ4n) is 4.35. The molecule has 32 heavy (non-hydrogen) atoms. The van der Waals surface area contributed by atoms with Crippen molar-refractivity contribution in [3.63, 3.8) is 0 Å². The number of carbonyl (C=O) groups excluding carboxylic acids is 2. The molecule has 0 bridgehead atoms. The molecule has 0 radical (unpaired) electrons. The molecule has 0 atom stereocenters.